The quantitative estimate of drug-likeness (QED) is 0.495. The van der Waals surface area contributed by atoms with Crippen LogP contribution in [0.3, 0.4) is 0 Å². The van der Waals surface area contributed by atoms with Crippen LogP contribution in [0.1, 0.15) is 0 Å². The van der Waals surface area contributed by atoms with Gasteiger partial charge in [-0.05, 0) is 22.6 Å². The number of rotatable bonds is 1. The van der Waals surface area contributed by atoms with Crippen molar-refractivity contribution in [1.82, 2.24) is 4.98 Å². The van der Waals surface area contributed by atoms with Gasteiger partial charge in [-0.2, -0.15) is 0 Å². The molecule has 3 nitrogen and oxygen atoms in total. The van der Waals surface area contributed by atoms with Crippen LogP contribution >= 0.6 is 22.6 Å². The summed E-state index contributed by atoms with van der Waals surface area (Å²) >= 11 is 2.09. The fourth-order valence-electron chi connectivity index (χ4n) is 1.29. The zero-order valence-electron chi connectivity index (χ0n) is 6.98. The lowest BCUT2D eigenvalue weighted by Gasteiger charge is -2.01. The van der Waals surface area contributed by atoms with Gasteiger partial charge in [-0.1, -0.05) is 24.3 Å². The first kappa shape index (κ1) is 9.85. The third-order valence-corrected chi connectivity index (χ3v) is 3.53. The number of halogens is 1. The Morgan fingerprint density at radius 1 is 1.14 bits per heavy atom. The molecule has 0 unspecified atom stereocenters. The Balaban J connectivity index is 2.95. The number of aromatic nitrogens is 1. The Morgan fingerprint density at radius 3 is 2.43 bits per heavy atom. The van der Waals surface area contributed by atoms with Crippen molar-refractivity contribution >= 4 is 44.1 Å². The Hall–Kier alpha value is -0.690. The van der Waals surface area contributed by atoms with Crippen molar-refractivity contribution in [1.29, 1.82) is 0 Å². The summed E-state index contributed by atoms with van der Waals surface area (Å²) in [7, 11) is -2.57. The third-order valence-electron chi connectivity index (χ3n) is 1.92. The highest BCUT2D eigenvalue weighted by molar-refractivity contribution is 14.1. The van der Waals surface area contributed by atoms with Crippen LogP contribution in [0.4, 0.5) is 0 Å². The van der Waals surface area contributed by atoms with E-state index in [9.17, 15) is 8.42 Å². The van der Waals surface area contributed by atoms with Crippen LogP contribution in [-0.2, 0) is 10.7 Å². The average molecular weight is 319 g/mol. The molecule has 1 aromatic carbocycles. The zero-order valence-corrected chi connectivity index (χ0v) is 10.0. The van der Waals surface area contributed by atoms with Gasteiger partial charge in [0.25, 0.3) is 0 Å². The second-order valence-electron chi connectivity index (χ2n) is 2.74. The van der Waals surface area contributed by atoms with E-state index < -0.39 is 10.7 Å². The first-order chi connectivity index (χ1) is 6.70. The molecule has 0 atom stereocenters. The van der Waals surface area contributed by atoms with E-state index in [0.29, 0.717) is 0 Å². The van der Waals surface area contributed by atoms with Crippen molar-refractivity contribution in [3.05, 3.63) is 34.2 Å². The molecule has 5 heteroatoms. The fourth-order valence-corrected chi connectivity index (χ4v) is 2.44. The molecule has 0 amide bonds. The highest BCUT2D eigenvalue weighted by Gasteiger charge is 2.05. The van der Waals surface area contributed by atoms with E-state index in [4.69, 9.17) is 0 Å². The summed E-state index contributed by atoms with van der Waals surface area (Å²) in [6, 6.07) is 7.35. The molecule has 0 spiro atoms. The molecular formula is C9H6INO2S. The van der Waals surface area contributed by atoms with Crippen LogP contribution in [0.5, 0.6) is 0 Å². The summed E-state index contributed by atoms with van der Waals surface area (Å²) in [5.41, 5.74) is 0. The van der Waals surface area contributed by atoms with Crippen molar-refractivity contribution < 1.29 is 8.42 Å². The molecule has 1 heterocycles. The number of thiol groups is 1. The minimum Gasteiger partial charge on any atom is -0.248 e. The van der Waals surface area contributed by atoms with Gasteiger partial charge in [0.2, 0.25) is 0 Å². The van der Waals surface area contributed by atoms with Crippen molar-refractivity contribution in [3.63, 3.8) is 0 Å². The van der Waals surface area contributed by atoms with Crippen LogP contribution in [0.25, 0.3) is 10.8 Å². The highest BCUT2D eigenvalue weighted by atomic mass is 127. The normalized spacial score (nSPS) is 11.0. The molecule has 0 saturated carbocycles. The largest absolute Gasteiger partial charge is 0.248 e. The smallest absolute Gasteiger partial charge is 0.170 e. The van der Waals surface area contributed by atoms with Gasteiger partial charge in [-0.25, -0.2) is 13.4 Å². The summed E-state index contributed by atoms with van der Waals surface area (Å²) in [4.78, 5) is 4.32. The lowest BCUT2D eigenvalue weighted by atomic mass is 10.2. The van der Waals surface area contributed by atoms with Gasteiger partial charge >= 0.3 is 0 Å². The van der Waals surface area contributed by atoms with Crippen LogP contribution in [0, 0.1) is 3.70 Å². The van der Waals surface area contributed by atoms with Gasteiger partial charge in [0.1, 0.15) is 3.70 Å². The second kappa shape index (κ2) is 3.82. The lowest BCUT2D eigenvalue weighted by Crippen LogP contribution is -1.89. The maximum atomic E-state index is 10.9. The summed E-state index contributed by atoms with van der Waals surface area (Å²) in [6.45, 7) is 0. The number of hydrogen-bond donors (Lipinski definition) is 1. The Morgan fingerprint density at radius 2 is 1.79 bits per heavy atom. The van der Waals surface area contributed by atoms with Gasteiger partial charge in [0.15, 0.2) is 10.7 Å². The Bertz CT molecular complexity index is 558. The summed E-state index contributed by atoms with van der Waals surface area (Å²) in [5.74, 6) is 0. The molecule has 0 bridgehead atoms. The highest BCUT2D eigenvalue weighted by Crippen LogP contribution is 2.22. The fraction of sp³-hybridized carbons (Fsp3) is 0. The molecule has 72 valence electrons. The number of hydrogen-bond acceptors (Lipinski definition) is 3. The summed E-state index contributed by atoms with van der Waals surface area (Å²) < 4.78 is 22.7. The van der Waals surface area contributed by atoms with E-state index in [1.165, 1.54) is 6.20 Å². The molecule has 2 aromatic rings. The number of benzene rings is 1. The van der Waals surface area contributed by atoms with E-state index in [1.807, 2.05) is 18.2 Å². The standard InChI is InChI=1S/C9H6INO2S/c10-9-7-4-2-1-3-6(7)8(5-11-9)14(12)13/h1-5,14H. The first-order valence-electron chi connectivity index (χ1n) is 3.88. The van der Waals surface area contributed by atoms with E-state index in [1.54, 1.807) is 6.07 Å². The van der Waals surface area contributed by atoms with Gasteiger partial charge in [-0.3, -0.25) is 0 Å². The Kier molecular flexibility index (Phi) is 2.69. The molecule has 0 fully saturated rings. The lowest BCUT2D eigenvalue weighted by molar-refractivity contribution is 0.615. The minimum absolute atomic E-state index is 0.288. The molecular weight excluding hydrogens is 313 g/mol. The molecule has 1 aromatic heterocycles. The predicted octanol–water partition coefficient (Wildman–Crippen LogP) is 1.81. The van der Waals surface area contributed by atoms with Crippen LogP contribution < -0.4 is 0 Å². The van der Waals surface area contributed by atoms with E-state index in [-0.39, 0.29) is 4.90 Å². The molecule has 2 rings (SSSR count). The van der Waals surface area contributed by atoms with Crippen molar-refractivity contribution in [2.45, 2.75) is 4.90 Å². The number of pyridine rings is 1. The molecule has 0 aliphatic carbocycles. The van der Waals surface area contributed by atoms with E-state index >= 15 is 0 Å². The number of nitrogens with zero attached hydrogens (tertiary/aromatic N) is 1. The van der Waals surface area contributed by atoms with Crippen molar-refractivity contribution in [2.75, 3.05) is 0 Å². The van der Waals surface area contributed by atoms with Gasteiger partial charge < -0.3 is 0 Å². The molecule has 0 N–H and O–H groups in total. The maximum Gasteiger partial charge on any atom is 0.170 e. The SMILES string of the molecule is O=[SH](=O)c1cnc(I)c2ccccc12. The second-order valence-corrected chi connectivity index (χ2v) is 4.75. The third kappa shape index (κ3) is 1.61. The molecule has 14 heavy (non-hydrogen) atoms. The van der Waals surface area contributed by atoms with Gasteiger partial charge in [-0.15, -0.1) is 0 Å². The maximum absolute atomic E-state index is 10.9. The number of fused-ring (bicyclic) bond motifs is 1. The summed E-state index contributed by atoms with van der Waals surface area (Å²) in [5, 5.41) is 1.62. The van der Waals surface area contributed by atoms with E-state index in [2.05, 4.69) is 27.6 Å². The van der Waals surface area contributed by atoms with Crippen molar-refractivity contribution in [2.24, 2.45) is 0 Å². The van der Waals surface area contributed by atoms with Gasteiger partial charge in [0, 0.05) is 17.0 Å². The Labute approximate surface area is 96.3 Å². The first-order valence-corrected chi connectivity index (χ1v) is 6.13. The molecule has 0 radical (unpaired) electrons. The monoisotopic (exact) mass is 319 g/mol. The van der Waals surface area contributed by atoms with Crippen LogP contribution in [0.15, 0.2) is 35.4 Å². The molecule has 0 saturated heterocycles. The minimum atomic E-state index is -2.57. The van der Waals surface area contributed by atoms with Crippen LogP contribution in [0.2, 0.25) is 0 Å². The molecule has 0 aliphatic rings. The van der Waals surface area contributed by atoms with Crippen LogP contribution in [-0.4, -0.2) is 13.4 Å². The van der Waals surface area contributed by atoms with E-state index in [0.717, 1.165) is 14.5 Å². The zero-order chi connectivity index (χ0) is 10.1. The average Bonchev–Trinajstić information content (AvgIpc) is 2.18. The topological polar surface area (TPSA) is 47.0 Å². The summed E-state index contributed by atoms with van der Waals surface area (Å²) in [6.07, 6.45) is 1.40. The predicted molar refractivity (Wildman–Crippen MR) is 63.0 cm³/mol. The molecule has 0 aliphatic heterocycles. The van der Waals surface area contributed by atoms with Gasteiger partial charge in [0.05, 0.1) is 4.90 Å². The van der Waals surface area contributed by atoms with Crippen molar-refractivity contribution in [3.8, 4) is 0 Å².